The number of hydrogen-bond acceptors (Lipinski definition) is 5. The molecule has 1 saturated carbocycles. The Morgan fingerprint density at radius 1 is 1.26 bits per heavy atom. The van der Waals surface area contributed by atoms with Gasteiger partial charge >= 0.3 is 5.97 Å². The maximum atomic E-state index is 12.1. The molecule has 1 amide bonds. The van der Waals surface area contributed by atoms with E-state index in [4.69, 9.17) is 5.11 Å². The van der Waals surface area contributed by atoms with Crippen LogP contribution in [0.4, 0.5) is 0 Å². The van der Waals surface area contributed by atoms with Gasteiger partial charge in [-0.2, -0.15) is 4.80 Å². The van der Waals surface area contributed by atoms with Gasteiger partial charge in [-0.05, 0) is 24.5 Å². The zero-order valence-electron chi connectivity index (χ0n) is 12.5. The second kappa shape index (κ2) is 6.15. The van der Waals surface area contributed by atoms with Crippen molar-refractivity contribution in [3.05, 3.63) is 30.3 Å². The summed E-state index contributed by atoms with van der Waals surface area (Å²) in [5.41, 5.74) is 0.201. The molecule has 1 heterocycles. The Labute approximate surface area is 132 Å². The highest BCUT2D eigenvalue weighted by molar-refractivity contribution is 5.78. The minimum atomic E-state index is -0.907. The van der Waals surface area contributed by atoms with Crippen molar-refractivity contribution in [1.29, 1.82) is 0 Å². The van der Waals surface area contributed by atoms with E-state index in [1.54, 1.807) is 0 Å². The Bertz CT molecular complexity index is 709. The average Bonchev–Trinajstić information content (AvgIpc) is 2.93. The highest BCUT2D eigenvalue weighted by Gasteiger charge is 2.40. The van der Waals surface area contributed by atoms with E-state index in [-0.39, 0.29) is 18.9 Å². The van der Waals surface area contributed by atoms with Gasteiger partial charge in [-0.3, -0.25) is 9.59 Å². The molecule has 1 aliphatic carbocycles. The molecule has 2 N–H and O–H groups in total. The summed E-state index contributed by atoms with van der Waals surface area (Å²) in [6.07, 6.45) is 2.24. The molecule has 0 unspecified atom stereocenters. The molecule has 120 valence electrons. The summed E-state index contributed by atoms with van der Waals surface area (Å²) in [6.45, 7) is -0.0821. The number of carboxylic acid groups (broad SMARTS) is 1. The van der Waals surface area contributed by atoms with Crippen LogP contribution in [-0.2, 0) is 16.1 Å². The molecule has 23 heavy (non-hydrogen) atoms. The predicted molar refractivity (Wildman–Crippen MR) is 80.2 cm³/mol. The number of carbonyl (C=O) groups excluding carboxylic acids is 1. The van der Waals surface area contributed by atoms with Crippen molar-refractivity contribution >= 4 is 11.9 Å². The third kappa shape index (κ3) is 3.53. The van der Waals surface area contributed by atoms with Crippen LogP contribution in [0, 0.1) is 0 Å². The van der Waals surface area contributed by atoms with Crippen LogP contribution in [0.3, 0.4) is 0 Å². The van der Waals surface area contributed by atoms with E-state index >= 15 is 0 Å². The third-order valence-corrected chi connectivity index (χ3v) is 3.97. The Morgan fingerprint density at radius 2 is 2.00 bits per heavy atom. The topological polar surface area (TPSA) is 110 Å². The normalized spacial score (nSPS) is 15.7. The molecule has 0 saturated heterocycles. The zero-order valence-corrected chi connectivity index (χ0v) is 12.5. The highest BCUT2D eigenvalue weighted by atomic mass is 16.4. The van der Waals surface area contributed by atoms with Crippen LogP contribution in [0.25, 0.3) is 11.4 Å². The van der Waals surface area contributed by atoms with Gasteiger partial charge in [-0.1, -0.05) is 30.3 Å². The van der Waals surface area contributed by atoms with Gasteiger partial charge in [0, 0.05) is 5.56 Å². The molecule has 0 bridgehead atoms. The first-order valence-corrected chi connectivity index (χ1v) is 7.42. The van der Waals surface area contributed by atoms with Crippen LogP contribution in [0.1, 0.15) is 25.7 Å². The average molecular weight is 315 g/mol. The second-order valence-electron chi connectivity index (χ2n) is 5.76. The van der Waals surface area contributed by atoms with Crippen LogP contribution >= 0.6 is 0 Å². The summed E-state index contributed by atoms with van der Waals surface area (Å²) in [7, 11) is 0. The number of nitrogens with zero attached hydrogens (tertiary/aromatic N) is 4. The Balaban J connectivity index is 1.62. The van der Waals surface area contributed by atoms with Gasteiger partial charge in [0.15, 0.2) is 0 Å². The number of amides is 1. The summed E-state index contributed by atoms with van der Waals surface area (Å²) in [6, 6.07) is 9.35. The number of hydrogen-bond donors (Lipinski definition) is 2. The van der Waals surface area contributed by atoms with E-state index in [1.165, 1.54) is 4.80 Å². The van der Waals surface area contributed by atoms with Crippen LogP contribution < -0.4 is 5.32 Å². The quantitative estimate of drug-likeness (QED) is 0.818. The van der Waals surface area contributed by atoms with Gasteiger partial charge in [0.25, 0.3) is 0 Å². The number of carboxylic acids is 1. The van der Waals surface area contributed by atoms with Crippen LogP contribution in [0.5, 0.6) is 0 Å². The zero-order chi connectivity index (χ0) is 16.3. The molecule has 1 aliphatic rings. The summed E-state index contributed by atoms with van der Waals surface area (Å²) in [5, 5.41) is 23.7. The van der Waals surface area contributed by atoms with Gasteiger partial charge in [-0.15, -0.1) is 10.2 Å². The van der Waals surface area contributed by atoms with Crippen molar-refractivity contribution < 1.29 is 14.7 Å². The van der Waals surface area contributed by atoms with Crippen molar-refractivity contribution in [3.63, 3.8) is 0 Å². The maximum Gasteiger partial charge on any atom is 0.305 e. The predicted octanol–water partition coefficient (Wildman–Crippen LogP) is 0.854. The third-order valence-electron chi connectivity index (χ3n) is 3.97. The lowest BCUT2D eigenvalue weighted by Crippen LogP contribution is -2.55. The van der Waals surface area contributed by atoms with Crippen molar-refractivity contribution in [2.24, 2.45) is 0 Å². The van der Waals surface area contributed by atoms with Crippen LogP contribution in [-0.4, -0.2) is 42.7 Å². The number of rotatable bonds is 6. The molecule has 1 aromatic carbocycles. The lowest BCUT2D eigenvalue weighted by Gasteiger charge is -2.41. The fraction of sp³-hybridized carbons (Fsp3) is 0.400. The largest absolute Gasteiger partial charge is 0.481 e. The Morgan fingerprint density at radius 3 is 2.61 bits per heavy atom. The van der Waals surface area contributed by atoms with Crippen molar-refractivity contribution in [1.82, 2.24) is 25.5 Å². The molecule has 0 aliphatic heterocycles. The number of benzene rings is 1. The highest BCUT2D eigenvalue weighted by Crippen LogP contribution is 2.34. The summed E-state index contributed by atoms with van der Waals surface area (Å²) < 4.78 is 0. The molecule has 1 aromatic heterocycles. The standard InChI is InChI=1S/C15H17N5O3/c21-12(16-15(7-4-8-15)9-13(22)23)10-20-18-14(17-19-20)11-5-2-1-3-6-11/h1-3,5-6H,4,7-10H2,(H,16,21)(H,22,23). The molecule has 0 spiro atoms. The van der Waals surface area contributed by atoms with Gasteiger partial charge in [0.1, 0.15) is 6.54 Å². The summed E-state index contributed by atoms with van der Waals surface area (Å²) >= 11 is 0. The van der Waals surface area contributed by atoms with E-state index < -0.39 is 11.5 Å². The molecule has 3 rings (SSSR count). The monoisotopic (exact) mass is 315 g/mol. The molecular formula is C15H17N5O3. The van der Waals surface area contributed by atoms with Crippen molar-refractivity contribution in [2.45, 2.75) is 37.8 Å². The van der Waals surface area contributed by atoms with E-state index in [1.807, 2.05) is 30.3 Å². The van der Waals surface area contributed by atoms with Gasteiger partial charge in [0.05, 0.1) is 12.0 Å². The summed E-state index contributed by atoms with van der Waals surface area (Å²) in [5.74, 6) is -0.763. The minimum absolute atomic E-state index is 0.0568. The van der Waals surface area contributed by atoms with E-state index in [2.05, 4.69) is 20.7 Å². The van der Waals surface area contributed by atoms with E-state index in [0.717, 1.165) is 12.0 Å². The van der Waals surface area contributed by atoms with Crippen LogP contribution in [0.2, 0.25) is 0 Å². The molecule has 2 aromatic rings. The summed E-state index contributed by atoms with van der Waals surface area (Å²) in [4.78, 5) is 24.2. The number of aliphatic carboxylic acids is 1. The van der Waals surface area contributed by atoms with Crippen molar-refractivity contribution in [3.8, 4) is 11.4 Å². The smallest absolute Gasteiger partial charge is 0.305 e. The fourth-order valence-electron chi connectivity index (χ4n) is 2.72. The first kappa shape index (κ1) is 15.1. The number of carbonyl (C=O) groups is 2. The van der Waals surface area contributed by atoms with Crippen molar-refractivity contribution in [2.75, 3.05) is 0 Å². The maximum absolute atomic E-state index is 12.1. The number of aromatic nitrogens is 4. The first-order valence-electron chi connectivity index (χ1n) is 7.42. The van der Waals surface area contributed by atoms with E-state index in [9.17, 15) is 9.59 Å². The van der Waals surface area contributed by atoms with Crippen LogP contribution in [0.15, 0.2) is 30.3 Å². The molecule has 0 radical (unpaired) electrons. The fourth-order valence-corrected chi connectivity index (χ4v) is 2.72. The van der Waals surface area contributed by atoms with Gasteiger partial charge in [0.2, 0.25) is 11.7 Å². The molecule has 0 atom stereocenters. The minimum Gasteiger partial charge on any atom is -0.481 e. The molecule has 1 fully saturated rings. The number of nitrogens with one attached hydrogen (secondary N) is 1. The molecule has 8 nitrogen and oxygen atoms in total. The number of tetrazole rings is 1. The Hall–Kier alpha value is -2.77. The van der Waals surface area contributed by atoms with Gasteiger partial charge < -0.3 is 10.4 Å². The lowest BCUT2D eigenvalue weighted by atomic mass is 9.74. The molecular weight excluding hydrogens is 298 g/mol. The van der Waals surface area contributed by atoms with E-state index in [0.29, 0.717) is 18.7 Å². The second-order valence-corrected chi connectivity index (χ2v) is 5.76. The SMILES string of the molecule is O=C(O)CC1(NC(=O)Cn2nnc(-c3ccccc3)n2)CCC1. The molecule has 8 heteroatoms. The Kier molecular flexibility index (Phi) is 4.05. The first-order chi connectivity index (χ1) is 11.1. The lowest BCUT2D eigenvalue weighted by molar-refractivity contribution is -0.140. The van der Waals surface area contributed by atoms with Gasteiger partial charge in [-0.25, -0.2) is 0 Å².